The maximum atomic E-state index is 12.3. The molecule has 7 nitrogen and oxygen atoms in total. The van der Waals surface area contributed by atoms with Gasteiger partial charge < -0.3 is 9.72 Å². The zero-order valence-electron chi connectivity index (χ0n) is 13.6. The van der Waals surface area contributed by atoms with Crippen molar-refractivity contribution in [1.29, 1.82) is 0 Å². The minimum Gasteiger partial charge on any atom is -0.453 e. The van der Waals surface area contributed by atoms with Crippen molar-refractivity contribution in [1.82, 2.24) is 20.0 Å². The van der Waals surface area contributed by atoms with Crippen LogP contribution in [0.15, 0.2) is 67.0 Å². The Morgan fingerprint density at radius 2 is 1.81 bits per heavy atom. The predicted molar refractivity (Wildman–Crippen MR) is 93.8 cm³/mol. The number of para-hydroxylation sites is 2. The Kier molecular flexibility index (Phi) is 4.03. The normalized spacial score (nSPS) is 10.8. The van der Waals surface area contributed by atoms with Gasteiger partial charge in [0.2, 0.25) is 0 Å². The second kappa shape index (κ2) is 6.64. The van der Waals surface area contributed by atoms with Crippen LogP contribution in [-0.4, -0.2) is 31.7 Å². The van der Waals surface area contributed by atoms with Crippen molar-refractivity contribution >= 4 is 22.7 Å². The average Bonchev–Trinajstić information content (AvgIpc) is 3.33. The van der Waals surface area contributed by atoms with Crippen LogP contribution in [0.2, 0.25) is 0 Å². The van der Waals surface area contributed by atoms with Crippen molar-refractivity contribution in [2.75, 3.05) is 0 Å². The summed E-state index contributed by atoms with van der Waals surface area (Å²) in [6, 6.07) is 16.7. The highest BCUT2D eigenvalue weighted by Crippen LogP contribution is 2.18. The van der Waals surface area contributed by atoms with E-state index in [-0.39, 0.29) is 6.61 Å². The molecule has 2 aromatic carbocycles. The summed E-state index contributed by atoms with van der Waals surface area (Å²) in [7, 11) is 0. The molecule has 0 unspecified atom stereocenters. The average molecular weight is 346 g/mol. The van der Waals surface area contributed by atoms with Crippen LogP contribution in [0, 0.1) is 0 Å². The first kappa shape index (κ1) is 15.8. The monoisotopic (exact) mass is 346 g/mol. The summed E-state index contributed by atoms with van der Waals surface area (Å²) >= 11 is 0. The first-order valence-electron chi connectivity index (χ1n) is 7.96. The zero-order valence-corrected chi connectivity index (χ0v) is 13.6. The molecule has 128 valence electrons. The van der Waals surface area contributed by atoms with Crippen LogP contribution in [0.25, 0.3) is 16.6 Å². The molecule has 0 saturated heterocycles. The highest BCUT2D eigenvalue weighted by Gasteiger charge is 2.21. The maximum absolute atomic E-state index is 12.3. The van der Waals surface area contributed by atoms with E-state index in [0.29, 0.717) is 16.6 Å². The maximum Gasteiger partial charge on any atom is 0.380 e. The Hall–Kier alpha value is -3.74. The van der Waals surface area contributed by atoms with Gasteiger partial charge in [0, 0.05) is 17.1 Å². The topological polar surface area (TPSA) is 89.9 Å². The van der Waals surface area contributed by atoms with E-state index in [1.807, 2.05) is 42.5 Å². The predicted octanol–water partition coefficient (Wildman–Crippen LogP) is 2.67. The quantitative estimate of drug-likeness (QED) is 0.341. The van der Waals surface area contributed by atoms with Gasteiger partial charge in [-0.3, -0.25) is 4.79 Å². The number of ether oxygens (including phenoxy) is 1. The number of carbonyl (C=O) groups is 2. The lowest BCUT2D eigenvalue weighted by molar-refractivity contribution is -0.139. The molecule has 0 aliphatic rings. The summed E-state index contributed by atoms with van der Waals surface area (Å²) in [6.45, 7) is -0.125. The number of ketones is 1. The first-order valence-corrected chi connectivity index (χ1v) is 7.96. The molecule has 7 heteroatoms. The molecule has 0 bridgehead atoms. The summed E-state index contributed by atoms with van der Waals surface area (Å²) in [5, 5.41) is 8.63. The third-order valence-corrected chi connectivity index (χ3v) is 3.93. The Balaban J connectivity index is 1.44. The zero-order chi connectivity index (χ0) is 17.9. The van der Waals surface area contributed by atoms with E-state index >= 15 is 0 Å². The van der Waals surface area contributed by atoms with Gasteiger partial charge in [-0.25, -0.2) is 9.48 Å². The number of hydrogen-bond acceptors (Lipinski definition) is 5. The lowest BCUT2D eigenvalue weighted by Gasteiger charge is -2.01. The van der Waals surface area contributed by atoms with Crippen molar-refractivity contribution in [2.45, 2.75) is 6.61 Å². The molecule has 4 rings (SSSR count). The molecule has 2 heterocycles. The van der Waals surface area contributed by atoms with E-state index in [9.17, 15) is 9.59 Å². The van der Waals surface area contributed by atoms with Crippen molar-refractivity contribution in [2.24, 2.45) is 0 Å². The van der Waals surface area contributed by atoms with Gasteiger partial charge >= 0.3 is 5.97 Å². The molecule has 1 N–H and O–H groups in total. The molecule has 0 aliphatic heterocycles. The molecule has 0 radical (unpaired) electrons. The Bertz CT molecular complexity index is 1080. The third kappa shape index (κ3) is 2.98. The molecule has 0 saturated carbocycles. The molecule has 0 amide bonds. The van der Waals surface area contributed by atoms with Gasteiger partial charge in [-0.15, -0.1) is 5.10 Å². The summed E-state index contributed by atoms with van der Waals surface area (Å²) in [5.41, 5.74) is 2.37. The third-order valence-electron chi connectivity index (χ3n) is 3.93. The van der Waals surface area contributed by atoms with Gasteiger partial charge in [-0.1, -0.05) is 41.6 Å². The summed E-state index contributed by atoms with van der Waals surface area (Å²) in [6.07, 6.45) is 3.17. The van der Waals surface area contributed by atoms with Gasteiger partial charge in [-0.05, 0) is 18.2 Å². The first-order chi connectivity index (χ1) is 12.7. The van der Waals surface area contributed by atoms with E-state index in [4.69, 9.17) is 4.74 Å². The van der Waals surface area contributed by atoms with Gasteiger partial charge in [0.15, 0.2) is 0 Å². The van der Waals surface area contributed by atoms with Gasteiger partial charge in [-0.2, -0.15) is 0 Å². The molecular formula is C19H14N4O3. The molecule has 0 fully saturated rings. The number of nitrogens with zero attached hydrogens (tertiary/aromatic N) is 3. The number of rotatable bonds is 5. The molecule has 2 aromatic heterocycles. The van der Waals surface area contributed by atoms with Crippen molar-refractivity contribution < 1.29 is 14.3 Å². The largest absolute Gasteiger partial charge is 0.453 e. The Morgan fingerprint density at radius 1 is 1.04 bits per heavy atom. The number of aromatic nitrogens is 4. The highest BCUT2D eigenvalue weighted by molar-refractivity contribution is 6.42. The molecule has 26 heavy (non-hydrogen) atoms. The molecule has 4 aromatic rings. The van der Waals surface area contributed by atoms with E-state index < -0.39 is 11.8 Å². The van der Waals surface area contributed by atoms with Crippen LogP contribution >= 0.6 is 0 Å². The lowest BCUT2D eigenvalue weighted by atomic mass is 10.1. The minimum absolute atomic E-state index is 0.125. The number of carbonyl (C=O) groups excluding carboxylic acids is 2. The lowest BCUT2D eigenvalue weighted by Crippen LogP contribution is -2.17. The van der Waals surface area contributed by atoms with Gasteiger partial charge in [0.25, 0.3) is 5.78 Å². The minimum atomic E-state index is -0.927. The number of fused-ring (bicyclic) bond motifs is 1. The van der Waals surface area contributed by atoms with E-state index in [1.54, 1.807) is 23.0 Å². The number of benzene rings is 2. The second-order valence-electron chi connectivity index (χ2n) is 5.64. The van der Waals surface area contributed by atoms with Crippen LogP contribution in [0.5, 0.6) is 0 Å². The summed E-state index contributed by atoms with van der Waals surface area (Å²) in [5.74, 6) is -1.62. The SMILES string of the molecule is O=C(OCc1cn(-c2ccccc2)nn1)C(=O)c1c[nH]c2ccccc12. The van der Waals surface area contributed by atoms with E-state index in [2.05, 4.69) is 15.3 Å². The molecule has 0 aliphatic carbocycles. The number of esters is 1. The van der Waals surface area contributed by atoms with Crippen molar-refractivity contribution in [3.8, 4) is 5.69 Å². The van der Waals surface area contributed by atoms with Gasteiger partial charge in [0.05, 0.1) is 17.4 Å². The van der Waals surface area contributed by atoms with E-state index in [1.165, 1.54) is 6.20 Å². The number of nitrogens with one attached hydrogen (secondary N) is 1. The number of Topliss-reactive ketones (excluding diaryl/α,β-unsaturated/α-hetero) is 1. The summed E-state index contributed by atoms with van der Waals surface area (Å²) in [4.78, 5) is 27.4. The fourth-order valence-corrected chi connectivity index (χ4v) is 2.65. The Labute approximate surface area is 148 Å². The van der Waals surface area contributed by atoms with Crippen molar-refractivity contribution in [3.63, 3.8) is 0 Å². The number of aromatic amines is 1. The number of hydrogen-bond donors (Lipinski definition) is 1. The van der Waals surface area contributed by atoms with Crippen LogP contribution in [0.4, 0.5) is 0 Å². The molecule has 0 atom stereocenters. The summed E-state index contributed by atoms with van der Waals surface area (Å²) < 4.78 is 6.67. The van der Waals surface area contributed by atoms with Crippen molar-refractivity contribution in [3.05, 3.63) is 78.2 Å². The fraction of sp³-hybridized carbons (Fsp3) is 0.0526. The van der Waals surface area contributed by atoms with Crippen LogP contribution in [-0.2, 0) is 16.1 Å². The highest BCUT2D eigenvalue weighted by atomic mass is 16.5. The second-order valence-corrected chi connectivity index (χ2v) is 5.64. The molecular weight excluding hydrogens is 332 g/mol. The van der Waals surface area contributed by atoms with Crippen LogP contribution in [0.1, 0.15) is 16.1 Å². The number of H-pyrrole nitrogens is 1. The van der Waals surface area contributed by atoms with Crippen LogP contribution < -0.4 is 0 Å². The van der Waals surface area contributed by atoms with Gasteiger partial charge in [0.1, 0.15) is 12.3 Å². The fourth-order valence-electron chi connectivity index (χ4n) is 2.65. The standard InChI is InChI=1S/C19H14N4O3/c24-18(16-10-20-17-9-5-4-8-15(16)17)19(25)26-12-13-11-23(22-21-13)14-6-2-1-3-7-14/h1-11,20H,12H2. The smallest absolute Gasteiger partial charge is 0.380 e. The molecule has 0 spiro atoms. The Morgan fingerprint density at radius 3 is 2.65 bits per heavy atom. The van der Waals surface area contributed by atoms with Crippen LogP contribution in [0.3, 0.4) is 0 Å². The van der Waals surface area contributed by atoms with E-state index in [0.717, 1.165) is 11.2 Å².